The van der Waals surface area contributed by atoms with E-state index in [1.165, 1.54) is 11.1 Å². The molecular weight excluding hydrogens is 348 g/mol. The molecule has 3 aromatic rings. The zero-order valence-electron chi connectivity index (χ0n) is 16.6. The van der Waals surface area contributed by atoms with E-state index in [-0.39, 0.29) is 11.9 Å². The minimum atomic E-state index is -0.223. The molecule has 5 nitrogen and oxygen atoms in total. The maximum Gasteiger partial charge on any atom is 0.271 e. The van der Waals surface area contributed by atoms with Gasteiger partial charge in [0.15, 0.2) is 0 Å². The van der Waals surface area contributed by atoms with Crippen LogP contribution in [0.5, 0.6) is 0 Å². The normalized spacial score (nSPS) is 10.7. The van der Waals surface area contributed by atoms with E-state index in [4.69, 9.17) is 0 Å². The smallest absolute Gasteiger partial charge is 0.271 e. The Morgan fingerprint density at radius 1 is 0.964 bits per heavy atom. The van der Waals surface area contributed by atoms with E-state index in [1.54, 1.807) is 12.4 Å². The molecule has 5 heteroatoms. The van der Waals surface area contributed by atoms with Crippen LogP contribution in [0.15, 0.2) is 67.0 Å². The summed E-state index contributed by atoms with van der Waals surface area (Å²) in [6.45, 7) is 7.48. The second kappa shape index (κ2) is 9.13. The van der Waals surface area contributed by atoms with E-state index < -0.39 is 0 Å². The summed E-state index contributed by atoms with van der Waals surface area (Å²) in [5.41, 5.74) is 3.77. The molecule has 0 atom stereocenters. The number of nitrogens with one attached hydrogen (secondary N) is 1. The van der Waals surface area contributed by atoms with Crippen LogP contribution < -0.4 is 10.2 Å². The molecule has 0 radical (unpaired) electrons. The summed E-state index contributed by atoms with van der Waals surface area (Å²) in [5.74, 6) is 0.535. The Balaban J connectivity index is 1.65. The molecule has 2 aromatic carbocycles. The van der Waals surface area contributed by atoms with Crippen LogP contribution in [0.25, 0.3) is 0 Å². The second-order valence-corrected chi connectivity index (χ2v) is 7.14. The summed E-state index contributed by atoms with van der Waals surface area (Å²) in [5, 5.41) is 2.89. The van der Waals surface area contributed by atoms with Crippen LogP contribution in [0.4, 0.5) is 5.82 Å². The Morgan fingerprint density at radius 3 is 2.29 bits per heavy atom. The van der Waals surface area contributed by atoms with Gasteiger partial charge in [0.05, 0.1) is 12.4 Å². The van der Waals surface area contributed by atoms with Crippen molar-refractivity contribution in [2.75, 3.05) is 4.90 Å². The summed E-state index contributed by atoms with van der Waals surface area (Å²) in [6.07, 6.45) is 3.21. The van der Waals surface area contributed by atoms with Crippen molar-refractivity contribution in [1.82, 2.24) is 15.3 Å². The first-order valence-corrected chi connectivity index (χ1v) is 9.49. The van der Waals surface area contributed by atoms with Crippen molar-refractivity contribution >= 4 is 11.7 Å². The third-order valence-electron chi connectivity index (χ3n) is 4.56. The van der Waals surface area contributed by atoms with E-state index in [0.29, 0.717) is 12.2 Å². The van der Waals surface area contributed by atoms with E-state index in [9.17, 15) is 4.79 Å². The highest BCUT2D eigenvalue weighted by atomic mass is 16.1. The van der Waals surface area contributed by atoms with Gasteiger partial charge in [0.25, 0.3) is 5.91 Å². The summed E-state index contributed by atoms with van der Waals surface area (Å²) in [4.78, 5) is 23.3. The lowest BCUT2D eigenvalue weighted by Gasteiger charge is -2.27. The highest BCUT2D eigenvalue weighted by molar-refractivity contribution is 5.91. The second-order valence-electron chi connectivity index (χ2n) is 7.14. The third-order valence-corrected chi connectivity index (χ3v) is 4.56. The van der Waals surface area contributed by atoms with E-state index in [0.717, 1.165) is 17.9 Å². The van der Waals surface area contributed by atoms with Crippen LogP contribution in [-0.4, -0.2) is 21.9 Å². The Bertz CT molecular complexity index is 890. The van der Waals surface area contributed by atoms with Crippen LogP contribution in [0.3, 0.4) is 0 Å². The fourth-order valence-electron chi connectivity index (χ4n) is 2.87. The topological polar surface area (TPSA) is 58.1 Å². The molecule has 0 saturated carbocycles. The summed E-state index contributed by atoms with van der Waals surface area (Å²) >= 11 is 0. The largest absolute Gasteiger partial charge is 0.349 e. The van der Waals surface area contributed by atoms with Crippen LogP contribution in [0.2, 0.25) is 0 Å². The van der Waals surface area contributed by atoms with Gasteiger partial charge in [-0.1, -0.05) is 60.2 Å². The molecule has 1 heterocycles. The van der Waals surface area contributed by atoms with Gasteiger partial charge >= 0.3 is 0 Å². The summed E-state index contributed by atoms with van der Waals surface area (Å²) in [7, 11) is 0. The number of aryl methyl sites for hydroxylation is 1. The monoisotopic (exact) mass is 374 g/mol. The van der Waals surface area contributed by atoms with E-state index in [1.807, 2.05) is 49.4 Å². The first-order chi connectivity index (χ1) is 13.5. The van der Waals surface area contributed by atoms with Gasteiger partial charge in [0, 0.05) is 19.1 Å². The zero-order chi connectivity index (χ0) is 19.9. The maximum absolute atomic E-state index is 12.4. The molecule has 0 unspecified atom stereocenters. The molecular formula is C23H26N4O. The Morgan fingerprint density at radius 2 is 1.68 bits per heavy atom. The molecule has 0 aliphatic carbocycles. The molecule has 144 valence electrons. The van der Waals surface area contributed by atoms with Crippen molar-refractivity contribution in [3.63, 3.8) is 0 Å². The molecule has 1 amide bonds. The minimum Gasteiger partial charge on any atom is -0.349 e. The number of carbonyl (C=O) groups is 1. The van der Waals surface area contributed by atoms with E-state index in [2.05, 4.69) is 46.2 Å². The molecule has 0 aliphatic rings. The van der Waals surface area contributed by atoms with Crippen molar-refractivity contribution < 1.29 is 4.79 Å². The SMILES string of the molecule is Cc1ccc(CNC(=O)c2cnc(N(Cc3ccccc3)C(C)C)cn2)cc1. The highest BCUT2D eigenvalue weighted by Gasteiger charge is 2.15. The molecule has 0 fully saturated rings. The maximum atomic E-state index is 12.4. The Labute approximate surface area is 166 Å². The van der Waals surface area contributed by atoms with Crippen LogP contribution in [-0.2, 0) is 13.1 Å². The van der Waals surface area contributed by atoms with Crippen molar-refractivity contribution in [1.29, 1.82) is 0 Å². The lowest BCUT2D eigenvalue weighted by atomic mass is 10.1. The Kier molecular flexibility index (Phi) is 6.37. The first kappa shape index (κ1) is 19.5. The molecule has 0 aliphatic heterocycles. The molecule has 1 aromatic heterocycles. The fraction of sp³-hybridized carbons (Fsp3) is 0.261. The molecule has 0 spiro atoms. The molecule has 3 rings (SSSR count). The predicted molar refractivity (Wildman–Crippen MR) is 112 cm³/mol. The number of benzene rings is 2. The van der Waals surface area contributed by atoms with E-state index >= 15 is 0 Å². The highest BCUT2D eigenvalue weighted by Crippen LogP contribution is 2.17. The molecule has 28 heavy (non-hydrogen) atoms. The van der Waals surface area contributed by atoms with Crippen molar-refractivity contribution in [2.45, 2.75) is 39.9 Å². The van der Waals surface area contributed by atoms with Gasteiger partial charge in [0.2, 0.25) is 0 Å². The third kappa shape index (κ3) is 5.16. The number of hydrogen-bond donors (Lipinski definition) is 1. The number of anilines is 1. The van der Waals surface area contributed by atoms with Crippen molar-refractivity contribution in [2.24, 2.45) is 0 Å². The number of aromatic nitrogens is 2. The summed E-state index contributed by atoms with van der Waals surface area (Å²) in [6, 6.07) is 18.6. The average Bonchev–Trinajstić information content (AvgIpc) is 2.72. The van der Waals surface area contributed by atoms with Gasteiger partial charge in [-0.15, -0.1) is 0 Å². The zero-order valence-corrected chi connectivity index (χ0v) is 16.6. The predicted octanol–water partition coefficient (Wildman–Crippen LogP) is 4.13. The quantitative estimate of drug-likeness (QED) is 0.676. The van der Waals surface area contributed by atoms with Crippen molar-refractivity contribution in [3.8, 4) is 0 Å². The molecule has 0 bridgehead atoms. The standard InChI is InChI=1S/C23H26N4O/c1-17(2)27(16-20-7-5-4-6-8-20)22-15-24-21(14-25-22)23(28)26-13-19-11-9-18(3)10-12-19/h4-12,14-15,17H,13,16H2,1-3H3,(H,26,28). The van der Waals surface area contributed by atoms with Gasteiger partial charge in [-0.3, -0.25) is 4.79 Å². The average molecular weight is 374 g/mol. The lowest BCUT2D eigenvalue weighted by molar-refractivity contribution is 0.0945. The minimum absolute atomic E-state index is 0.223. The number of nitrogens with zero attached hydrogens (tertiary/aromatic N) is 3. The number of amides is 1. The van der Waals surface area contributed by atoms with Gasteiger partial charge < -0.3 is 10.2 Å². The number of carbonyl (C=O) groups excluding carboxylic acids is 1. The summed E-state index contributed by atoms with van der Waals surface area (Å²) < 4.78 is 0. The van der Waals surface area contributed by atoms with Gasteiger partial charge in [-0.25, -0.2) is 9.97 Å². The molecule has 1 N–H and O–H groups in total. The van der Waals surface area contributed by atoms with Crippen molar-refractivity contribution in [3.05, 3.63) is 89.4 Å². The van der Waals surface area contributed by atoms with Gasteiger partial charge in [-0.05, 0) is 31.9 Å². The van der Waals surface area contributed by atoms with Gasteiger partial charge in [-0.2, -0.15) is 0 Å². The van der Waals surface area contributed by atoms with Crippen LogP contribution >= 0.6 is 0 Å². The van der Waals surface area contributed by atoms with Gasteiger partial charge in [0.1, 0.15) is 11.5 Å². The first-order valence-electron chi connectivity index (χ1n) is 9.49. The van der Waals surface area contributed by atoms with Crippen LogP contribution in [0.1, 0.15) is 41.0 Å². The molecule has 0 saturated heterocycles. The fourth-order valence-corrected chi connectivity index (χ4v) is 2.87. The number of hydrogen-bond acceptors (Lipinski definition) is 4. The Hall–Kier alpha value is -3.21. The van der Waals surface area contributed by atoms with Crippen LogP contribution in [0, 0.1) is 6.92 Å². The number of rotatable bonds is 7. The lowest BCUT2D eigenvalue weighted by Crippen LogP contribution is -2.31.